The van der Waals surface area contributed by atoms with Crippen LogP contribution in [0.2, 0.25) is 5.02 Å². The zero-order valence-electron chi connectivity index (χ0n) is 13.2. The maximum absolute atomic E-state index is 12.1. The Hall–Kier alpha value is -2.99. The van der Waals surface area contributed by atoms with E-state index < -0.39 is 11.7 Å². The number of benzene rings is 2. The number of carbonyl (C=O) groups excluding carboxylic acids is 1. The molecule has 25 heavy (non-hydrogen) atoms. The first-order valence-corrected chi connectivity index (χ1v) is 7.89. The van der Waals surface area contributed by atoms with Crippen LogP contribution in [0.25, 0.3) is 10.8 Å². The SMILES string of the molecule is CCOc1oc(=O)c2cc(NC(=O)Oc3ccccc3)ccc2c1Cl. The molecule has 128 valence electrons. The van der Waals surface area contributed by atoms with Gasteiger partial charge in [-0.2, -0.15) is 0 Å². The summed E-state index contributed by atoms with van der Waals surface area (Å²) in [6.07, 6.45) is -0.674. The molecule has 3 rings (SSSR count). The summed E-state index contributed by atoms with van der Waals surface area (Å²) in [6.45, 7) is 2.07. The van der Waals surface area contributed by atoms with E-state index in [1.165, 1.54) is 6.07 Å². The van der Waals surface area contributed by atoms with Crippen LogP contribution in [0, 0.1) is 0 Å². The van der Waals surface area contributed by atoms with Crippen molar-refractivity contribution in [1.29, 1.82) is 0 Å². The van der Waals surface area contributed by atoms with E-state index in [9.17, 15) is 9.59 Å². The third kappa shape index (κ3) is 3.75. The van der Waals surface area contributed by atoms with Crippen molar-refractivity contribution in [1.82, 2.24) is 0 Å². The Balaban J connectivity index is 1.86. The number of para-hydroxylation sites is 1. The number of fused-ring (bicyclic) bond motifs is 1. The van der Waals surface area contributed by atoms with Crippen molar-refractivity contribution in [3.63, 3.8) is 0 Å². The molecule has 1 amide bonds. The summed E-state index contributed by atoms with van der Waals surface area (Å²) in [5.74, 6) is 0.385. The second kappa shape index (κ2) is 7.27. The van der Waals surface area contributed by atoms with E-state index in [1.807, 2.05) is 6.07 Å². The van der Waals surface area contributed by atoms with Crippen LogP contribution >= 0.6 is 11.6 Å². The van der Waals surface area contributed by atoms with Gasteiger partial charge in [0, 0.05) is 11.1 Å². The molecule has 0 aliphatic carbocycles. The molecule has 0 unspecified atom stereocenters. The number of amides is 1. The molecule has 3 aromatic rings. The normalized spacial score (nSPS) is 10.5. The summed E-state index contributed by atoms with van der Waals surface area (Å²) in [7, 11) is 0. The Labute approximate surface area is 147 Å². The van der Waals surface area contributed by atoms with E-state index in [1.54, 1.807) is 43.3 Å². The van der Waals surface area contributed by atoms with Gasteiger partial charge >= 0.3 is 17.7 Å². The Morgan fingerprint density at radius 2 is 1.92 bits per heavy atom. The molecular formula is C18H14ClNO5. The number of carbonyl (C=O) groups is 1. The molecule has 0 fully saturated rings. The Bertz CT molecular complexity index is 968. The molecule has 0 bridgehead atoms. The molecule has 0 saturated heterocycles. The van der Waals surface area contributed by atoms with Gasteiger partial charge in [0.1, 0.15) is 10.8 Å². The van der Waals surface area contributed by atoms with E-state index in [-0.39, 0.29) is 16.4 Å². The molecule has 0 radical (unpaired) electrons. The fourth-order valence-electron chi connectivity index (χ4n) is 2.24. The molecule has 0 aliphatic heterocycles. The predicted molar refractivity (Wildman–Crippen MR) is 94.8 cm³/mol. The van der Waals surface area contributed by atoms with Gasteiger partial charge in [-0.3, -0.25) is 5.32 Å². The van der Waals surface area contributed by atoms with Crippen LogP contribution in [0.5, 0.6) is 11.7 Å². The smallest absolute Gasteiger partial charge is 0.417 e. The summed E-state index contributed by atoms with van der Waals surface area (Å²) in [5, 5.41) is 3.46. The average Bonchev–Trinajstić information content (AvgIpc) is 2.60. The number of rotatable bonds is 4. The van der Waals surface area contributed by atoms with Gasteiger partial charge in [-0.05, 0) is 31.2 Å². The molecule has 0 aliphatic rings. The highest BCUT2D eigenvalue weighted by Gasteiger charge is 2.14. The predicted octanol–water partition coefficient (Wildman–Crippen LogP) is 4.46. The first-order valence-electron chi connectivity index (χ1n) is 7.51. The van der Waals surface area contributed by atoms with Crippen molar-refractivity contribution in [2.24, 2.45) is 0 Å². The number of anilines is 1. The van der Waals surface area contributed by atoms with Gasteiger partial charge in [0.2, 0.25) is 0 Å². The molecule has 1 N–H and O–H groups in total. The van der Waals surface area contributed by atoms with Crippen molar-refractivity contribution in [2.45, 2.75) is 6.92 Å². The standard InChI is InChI=1S/C18H14ClNO5/c1-2-23-17-15(19)13-9-8-11(10-14(13)16(21)25-17)20-18(22)24-12-6-4-3-5-7-12/h3-10H,2H2,1H3,(H,20,22). The average molecular weight is 360 g/mol. The Morgan fingerprint density at radius 3 is 2.64 bits per heavy atom. The molecule has 1 aromatic heterocycles. The maximum atomic E-state index is 12.1. The summed E-state index contributed by atoms with van der Waals surface area (Å²) in [6, 6.07) is 13.3. The van der Waals surface area contributed by atoms with Crippen molar-refractivity contribution < 1.29 is 18.7 Å². The second-order valence-corrected chi connectivity index (χ2v) is 5.39. The van der Waals surface area contributed by atoms with Crippen LogP contribution in [0.1, 0.15) is 6.92 Å². The van der Waals surface area contributed by atoms with Crippen molar-refractivity contribution in [3.05, 3.63) is 64.0 Å². The van der Waals surface area contributed by atoms with E-state index in [0.717, 1.165) is 0 Å². The van der Waals surface area contributed by atoms with Gasteiger partial charge in [0.15, 0.2) is 0 Å². The summed E-state index contributed by atoms with van der Waals surface area (Å²) < 4.78 is 15.4. The van der Waals surface area contributed by atoms with Crippen molar-refractivity contribution in [2.75, 3.05) is 11.9 Å². The maximum Gasteiger partial charge on any atom is 0.417 e. The number of ether oxygens (including phenoxy) is 2. The Kier molecular flexibility index (Phi) is 4.90. The highest BCUT2D eigenvalue weighted by atomic mass is 35.5. The van der Waals surface area contributed by atoms with Crippen LogP contribution in [0.4, 0.5) is 10.5 Å². The number of nitrogens with one attached hydrogen (secondary N) is 1. The summed E-state index contributed by atoms with van der Waals surface area (Å²) in [5.41, 5.74) is -0.233. The van der Waals surface area contributed by atoms with Crippen LogP contribution < -0.4 is 20.4 Å². The van der Waals surface area contributed by atoms with Crippen molar-refractivity contribution >= 4 is 34.2 Å². The lowest BCUT2D eigenvalue weighted by Crippen LogP contribution is -2.16. The van der Waals surface area contributed by atoms with E-state index in [4.69, 9.17) is 25.5 Å². The van der Waals surface area contributed by atoms with Crippen LogP contribution in [-0.2, 0) is 0 Å². The number of halogens is 1. The topological polar surface area (TPSA) is 77.8 Å². The highest BCUT2D eigenvalue weighted by molar-refractivity contribution is 6.36. The molecule has 1 heterocycles. The third-order valence-corrected chi connectivity index (χ3v) is 3.67. The fourth-order valence-corrected chi connectivity index (χ4v) is 2.50. The van der Waals surface area contributed by atoms with Crippen molar-refractivity contribution in [3.8, 4) is 11.7 Å². The van der Waals surface area contributed by atoms with Gasteiger partial charge in [-0.25, -0.2) is 9.59 Å². The fraction of sp³-hybridized carbons (Fsp3) is 0.111. The lowest BCUT2D eigenvalue weighted by atomic mass is 10.1. The molecule has 6 nitrogen and oxygen atoms in total. The quantitative estimate of drug-likeness (QED) is 0.744. The molecule has 0 atom stereocenters. The highest BCUT2D eigenvalue weighted by Crippen LogP contribution is 2.31. The summed E-state index contributed by atoms with van der Waals surface area (Å²) in [4.78, 5) is 24.0. The number of hydrogen-bond donors (Lipinski definition) is 1. The second-order valence-electron chi connectivity index (χ2n) is 5.01. The molecule has 2 aromatic carbocycles. The molecule has 0 spiro atoms. The van der Waals surface area contributed by atoms with Gasteiger partial charge in [-0.1, -0.05) is 35.9 Å². The summed E-state index contributed by atoms with van der Waals surface area (Å²) >= 11 is 6.19. The minimum absolute atomic E-state index is 0.0223. The van der Waals surface area contributed by atoms with Crippen LogP contribution in [0.15, 0.2) is 57.7 Å². The van der Waals surface area contributed by atoms with Gasteiger partial charge in [0.05, 0.1) is 12.0 Å². The van der Waals surface area contributed by atoms with Gasteiger partial charge in [-0.15, -0.1) is 0 Å². The third-order valence-electron chi connectivity index (χ3n) is 3.32. The molecular weight excluding hydrogens is 346 g/mol. The first-order chi connectivity index (χ1) is 12.1. The minimum Gasteiger partial charge on any atom is -0.464 e. The Morgan fingerprint density at radius 1 is 1.16 bits per heavy atom. The largest absolute Gasteiger partial charge is 0.464 e. The van der Waals surface area contributed by atoms with E-state index in [0.29, 0.717) is 23.4 Å². The number of hydrogen-bond acceptors (Lipinski definition) is 5. The van der Waals surface area contributed by atoms with Gasteiger partial charge < -0.3 is 13.9 Å². The van der Waals surface area contributed by atoms with E-state index >= 15 is 0 Å². The van der Waals surface area contributed by atoms with E-state index in [2.05, 4.69) is 5.32 Å². The molecule has 7 heteroatoms. The minimum atomic E-state index is -0.674. The lowest BCUT2D eigenvalue weighted by molar-refractivity contribution is 0.215. The van der Waals surface area contributed by atoms with Gasteiger partial charge in [0.25, 0.3) is 0 Å². The van der Waals surface area contributed by atoms with Crippen LogP contribution in [0.3, 0.4) is 0 Å². The first kappa shape index (κ1) is 16.9. The zero-order chi connectivity index (χ0) is 17.8. The molecule has 0 saturated carbocycles. The zero-order valence-corrected chi connectivity index (χ0v) is 14.0. The lowest BCUT2D eigenvalue weighted by Gasteiger charge is -2.09. The van der Waals surface area contributed by atoms with Crippen LogP contribution in [-0.4, -0.2) is 12.7 Å². The monoisotopic (exact) mass is 359 g/mol.